The molecule has 0 aromatic carbocycles. The first kappa shape index (κ1) is 12.0. The summed E-state index contributed by atoms with van der Waals surface area (Å²) in [6, 6.07) is 1.97. The Morgan fingerprint density at radius 1 is 1.42 bits per heavy atom. The molecule has 3 heterocycles. The average Bonchev–Trinajstić information content (AvgIpc) is 2.85. The van der Waals surface area contributed by atoms with Crippen LogP contribution in [0.3, 0.4) is 0 Å². The molecule has 0 spiro atoms. The number of nitrogens with zero attached hydrogens (tertiary/aromatic N) is 3. The second-order valence-corrected chi connectivity index (χ2v) is 4.93. The summed E-state index contributed by atoms with van der Waals surface area (Å²) in [5, 5.41) is 10.0. The molecule has 1 aliphatic rings. The van der Waals surface area contributed by atoms with Crippen molar-refractivity contribution < 1.29 is 9.90 Å². The number of rotatable bonds is 2. The highest BCUT2D eigenvalue weighted by Gasteiger charge is 2.26. The molecule has 100 valence electrons. The molecule has 6 nitrogen and oxygen atoms in total. The number of aryl methyl sites for hydroxylation is 1. The number of aliphatic carboxylic acids is 1. The minimum absolute atomic E-state index is 0.221. The zero-order chi connectivity index (χ0) is 13.4. The number of nitrogens with one attached hydrogen (secondary N) is 1. The molecule has 0 amide bonds. The van der Waals surface area contributed by atoms with Crippen LogP contribution in [0.5, 0.6) is 0 Å². The molecule has 2 aromatic rings. The van der Waals surface area contributed by atoms with Crippen LogP contribution in [0.4, 0.5) is 5.82 Å². The summed E-state index contributed by atoms with van der Waals surface area (Å²) in [7, 11) is 0. The number of piperidine rings is 1. The predicted molar refractivity (Wildman–Crippen MR) is 71.2 cm³/mol. The van der Waals surface area contributed by atoms with E-state index in [1.54, 1.807) is 0 Å². The van der Waals surface area contributed by atoms with Crippen molar-refractivity contribution in [2.45, 2.75) is 19.8 Å². The first-order chi connectivity index (χ1) is 9.15. The summed E-state index contributed by atoms with van der Waals surface area (Å²) in [5.41, 5.74) is 0.836. The lowest BCUT2D eigenvalue weighted by atomic mass is 9.97. The van der Waals surface area contributed by atoms with Gasteiger partial charge in [0, 0.05) is 19.3 Å². The molecule has 1 fully saturated rings. The summed E-state index contributed by atoms with van der Waals surface area (Å²) < 4.78 is 0. The number of aromatic amines is 1. The van der Waals surface area contributed by atoms with Gasteiger partial charge in [-0.3, -0.25) is 4.79 Å². The number of anilines is 1. The zero-order valence-corrected chi connectivity index (χ0v) is 10.8. The quantitative estimate of drug-likeness (QED) is 0.856. The molecular weight excluding hydrogens is 244 g/mol. The fraction of sp³-hybridized carbons (Fsp3) is 0.462. The highest BCUT2D eigenvalue weighted by atomic mass is 16.4. The normalized spacial score (nSPS) is 17.0. The van der Waals surface area contributed by atoms with Gasteiger partial charge in [0.25, 0.3) is 0 Å². The molecule has 1 aliphatic heterocycles. The maximum Gasteiger partial charge on any atom is 0.306 e. The van der Waals surface area contributed by atoms with E-state index in [1.165, 1.54) is 0 Å². The number of hydrogen-bond acceptors (Lipinski definition) is 4. The summed E-state index contributed by atoms with van der Waals surface area (Å²) in [6.45, 7) is 3.33. The fourth-order valence-corrected chi connectivity index (χ4v) is 2.61. The standard InChI is InChI=1S/C13H16N4O2/c1-8-15-11-10(2-5-14-11)12(16-8)17-6-3-9(4-7-17)13(18)19/h2,5,9H,3-4,6-7H2,1H3,(H,18,19)(H,14,15,16). The Morgan fingerprint density at radius 2 is 2.16 bits per heavy atom. The maximum absolute atomic E-state index is 11.0. The Labute approximate surface area is 110 Å². The summed E-state index contributed by atoms with van der Waals surface area (Å²) in [5.74, 6) is 0.726. The van der Waals surface area contributed by atoms with Crippen LogP contribution in [0.15, 0.2) is 12.3 Å². The van der Waals surface area contributed by atoms with Crippen molar-refractivity contribution in [2.24, 2.45) is 5.92 Å². The summed E-state index contributed by atoms with van der Waals surface area (Å²) in [6.07, 6.45) is 3.20. The van der Waals surface area contributed by atoms with Crippen molar-refractivity contribution in [3.8, 4) is 0 Å². The number of carboxylic acids is 1. The van der Waals surface area contributed by atoms with E-state index in [0.29, 0.717) is 12.8 Å². The van der Waals surface area contributed by atoms with Gasteiger partial charge in [0.1, 0.15) is 17.3 Å². The third-order valence-corrected chi connectivity index (χ3v) is 3.65. The average molecular weight is 260 g/mol. The SMILES string of the molecule is Cc1nc(N2CCC(C(=O)O)CC2)c2cc[nH]c2n1. The number of carboxylic acid groups (broad SMARTS) is 1. The Hall–Kier alpha value is -2.11. The van der Waals surface area contributed by atoms with Gasteiger partial charge >= 0.3 is 5.97 Å². The minimum atomic E-state index is -0.690. The van der Waals surface area contributed by atoms with Crippen molar-refractivity contribution in [1.82, 2.24) is 15.0 Å². The Balaban J connectivity index is 1.89. The van der Waals surface area contributed by atoms with E-state index in [0.717, 1.165) is 35.8 Å². The van der Waals surface area contributed by atoms with Crippen LogP contribution < -0.4 is 4.90 Å². The second kappa shape index (κ2) is 4.53. The molecule has 6 heteroatoms. The zero-order valence-electron chi connectivity index (χ0n) is 10.8. The highest BCUT2D eigenvalue weighted by Crippen LogP contribution is 2.27. The molecule has 0 aliphatic carbocycles. The molecule has 2 aromatic heterocycles. The van der Waals surface area contributed by atoms with Crippen molar-refractivity contribution in [1.29, 1.82) is 0 Å². The number of fused-ring (bicyclic) bond motifs is 1. The van der Waals surface area contributed by atoms with Crippen LogP contribution in [0.25, 0.3) is 11.0 Å². The molecule has 0 saturated carbocycles. The summed E-state index contributed by atoms with van der Waals surface area (Å²) in [4.78, 5) is 25.1. The Kier molecular flexibility index (Phi) is 2.85. The van der Waals surface area contributed by atoms with E-state index in [-0.39, 0.29) is 5.92 Å². The molecule has 1 saturated heterocycles. The van der Waals surface area contributed by atoms with E-state index in [2.05, 4.69) is 19.9 Å². The van der Waals surface area contributed by atoms with E-state index >= 15 is 0 Å². The molecule has 2 N–H and O–H groups in total. The van der Waals surface area contributed by atoms with Gasteiger partial charge < -0.3 is 15.0 Å². The van der Waals surface area contributed by atoms with Gasteiger partial charge in [-0.25, -0.2) is 9.97 Å². The van der Waals surface area contributed by atoms with Gasteiger partial charge in [0.05, 0.1) is 11.3 Å². The molecule has 0 bridgehead atoms. The maximum atomic E-state index is 11.0. The lowest BCUT2D eigenvalue weighted by Gasteiger charge is -2.31. The van der Waals surface area contributed by atoms with Crippen molar-refractivity contribution in [3.63, 3.8) is 0 Å². The van der Waals surface area contributed by atoms with Gasteiger partial charge in [-0.2, -0.15) is 0 Å². The topological polar surface area (TPSA) is 82.1 Å². The number of aromatic nitrogens is 3. The largest absolute Gasteiger partial charge is 0.481 e. The van der Waals surface area contributed by atoms with Crippen LogP contribution in [-0.4, -0.2) is 39.1 Å². The van der Waals surface area contributed by atoms with Gasteiger partial charge in [0.15, 0.2) is 0 Å². The van der Waals surface area contributed by atoms with Crippen molar-refractivity contribution in [2.75, 3.05) is 18.0 Å². The third-order valence-electron chi connectivity index (χ3n) is 3.65. The predicted octanol–water partition coefficient (Wildman–Crippen LogP) is 1.57. The van der Waals surface area contributed by atoms with Crippen LogP contribution in [0, 0.1) is 12.8 Å². The lowest BCUT2D eigenvalue weighted by molar-refractivity contribution is -0.142. The van der Waals surface area contributed by atoms with Crippen molar-refractivity contribution >= 4 is 22.8 Å². The van der Waals surface area contributed by atoms with E-state index in [9.17, 15) is 4.79 Å². The van der Waals surface area contributed by atoms with Crippen LogP contribution in [-0.2, 0) is 4.79 Å². The van der Waals surface area contributed by atoms with Crippen LogP contribution >= 0.6 is 0 Å². The van der Waals surface area contributed by atoms with Crippen molar-refractivity contribution in [3.05, 3.63) is 18.1 Å². The molecule has 0 unspecified atom stereocenters. The molecular formula is C13H16N4O2. The molecule has 0 atom stereocenters. The molecule has 3 rings (SSSR count). The van der Waals surface area contributed by atoms with E-state index < -0.39 is 5.97 Å². The van der Waals surface area contributed by atoms with Crippen LogP contribution in [0.1, 0.15) is 18.7 Å². The van der Waals surface area contributed by atoms with Gasteiger partial charge in [-0.15, -0.1) is 0 Å². The smallest absolute Gasteiger partial charge is 0.306 e. The Morgan fingerprint density at radius 3 is 2.84 bits per heavy atom. The van der Waals surface area contributed by atoms with Gasteiger partial charge in [-0.05, 0) is 25.8 Å². The summed E-state index contributed by atoms with van der Waals surface area (Å²) >= 11 is 0. The molecule has 0 radical (unpaired) electrons. The number of carbonyl (C=O) groups is 1. The second-order valence-electron chi connectivity index (χ2n) is 4.93. The first-order valence-electron chi connectivity index (χ1n) is 6.44. The van der Waals surface area contributed by atoms with Gasteiger partial charge in [-0.1, -0.05) is 0 Å². The van der Waals surface area contributed by atoms with Crippen LogP contribution in [0.2, 0.25) is 0 Å². The minimum Gasteiger partial charge on any atom is -0.481 e. The molecule has 19 heavy (non-hydrogen) atoms. The third kappa shape index (κ3) is 2.14. The highest BCUT2D eigenvalue weighted by molar-refractivity contribution is 5.87. The van der Waals surface area contributed by atoms with E-state index in [1.807, 2.05) is 19.2 Å². The van der Waals surface area contributed by atoms with E-state index in [4.69, 9.17) is 5.11 Å². The number of hydrogen-bond donors (Lipinski definition) is 2. The number of H-pyrrole nitrogens is 1. The lowest BCUT2D eigenvalue weighted by Crippen LogP contribution is -2.37. The monoisotopic (exact) mass is 260 g/mol. The fourth-order valence-electron chi connectivity index (χ4n) is 2.61. The van der Waals surface area contributed by atoms with Gasteiger partial charge in [0.2, 0.25) is 0 Å². The Bertz CT molecular complexity index is 614. The first-order valence-corrected chi connectivity index (χ1v) is 6.44.